The second-order valence-corrected chi connectivity index (χ2v) is 6.16. The third-order valence-corrected chi connectivity index (χ3v) is 4.36. The summed E-state index contributed by atoms with van der Waals surface area (Å²) in [5.41, 5.74) is 2.06. The maximum atomic E-state index is 13.3. The Morgan fingerprint density at radius 3 is 2.48 bits per heavy atom. The van der Waals surface area contributed by atoms with Crippen molar-refractivity contribution in [2.24, 2.45) is 0 Å². The summed E-state index contributed by atoms with van der Waals surface area (Å²) in [6, 6.07) is 10.9. The molecule has 4 rings (SSSR count). The number of hydrogen-bond donors (Lipinski definition) is 1. The van der Waals surface area contributed by atoms with Crippen molar-refractivity contribution < 1.29 is 18.0 Å². The third-order valence-electron chi connectivity index (χ3n) is 4.36. The summed E-state index contributed by atoms with van der Waals surface area (Å²) in [5.74, 6) is -2.43. The van der Waals surface area contributed by atoms with Gasteiger partial charge in [0.25, 0.3) is 5.91 Å². The number of fused-ring (bicyclic) bond motifs is 1. The number of rotatable bonds is 4. The van der Waals surface area contributed by atoms with Crippen molar-refractivity contribution in [2.45, 2.75) is 13.1 Å². The molecule has 3 aromatic rings. The number of nitrogens with one attached hydrogen (secondary N) is 1. The molecule has 0 unspecified atom stereocenters. The number of aromatic nitrogens is 2. The molecule has 2 heterocycles. The smallest absolute Gasteiger partial charge is 0.276 e. The van der Waals surface area contributed by atoms with E-state index in [-0.39, 0.29) is 18.3 Å². The van der Waals surface area contributed by atoms with Gasteiger partial charge in [0.1, 0.15) is 11.5 Å². The first-order valence-electron chi connectivity index (χ1n) is 8.34. The van der Waals surface area contributed by atoms with Gasteiger partial charge in [-0.2, -0.15) is 5.10 Å². The number of hydrogen-bond acceptors (Lipinski definition) is 3. The first-order chi connectivity index (χ1) is 13.0. The normalized spacial score (nSPS) is 13.6. The molecule has 27 heavy (non-hydrogen) atoms. The van der Waals surface area contributed by atoms with Crippen molar-refractivity contribution in [3.63, 3.8) is 0 Å². The van der Waals surface area contributed by atoms with Crippen LogP contribution in [0.2, 0.25) is 0 Å². The quantitative estimate of drug-likeness (QED) is 0.762. The molecule has 0 spiro atoms. The average molecular weight is 372 g/mol. The summed E-state index contributed by atoms with van der Waals surface area (Å²) < 4.78 is 41.0. The zero-order valence-corrected chi connectivity index (χ0v) is 14.1. The Morgan fingerprint density at radius 2 is 1.74 bits per heavy atom. The first-order valence-corrected chi connectivity index (χ1v) is 8.34. The van der Waals surface area contributed by atoms with E-state index in [0.717, 1.165) is 12.1 Å². The van der Waals surface area contributed by atoms with E-state index in [1.54, 1.807) is 27.8 Å². The third kappa shape index (κ3) is 3.38. The SMILES string of the molecule is O=C1c2cc(CNc3ccc(F)c(F)c3)nn2CCN1c1ccc(F)cc1. The Hall–Kier alpha value is -3.29. The summed E-state index contributed by atoms with van der Waals surface area (Å²) in [5, 5.41) is 7.33. The fraction of sp³-hybridized carbons (Fsp3) is 0.158. The summed E-state index contributed by atoms with van der Waals surface area (Å²) in [6.45, 7) is 1.19. The summed E-state index contributed by atoms with van der Waals surface area (Å²) >= 11 is 0. The number of nitrogens with zero attached hydrogens (tertiary/aromatic N) is 3. The number of amides is 1. The maximum Gasteiger partial charge on any atom is 0.276 e. The Morgan fingerprint density at radius 1 is 0.963 bits per heavy atom. The van der Waals surface area contributed by atoms with Gasteiger partial charge in [-0.15, -0.1) is 0 Å². The molecule has 5 nitrogen and oxygen atoms in total. The lowest BCUT2D eigenvalue weighted by Crippen LogP contribution is -2.40. The van der Waals surface area contributed by atoms with E-state index in [1.807, 2.05) is 0 Å². The van der Waals surface area contributed by atoms with Gasteiger partial charge in [0, 0.05) is 24.0 Å². The van der Waals surface area contributed by atoms with E-state index in [0.29, 0.717) is 35.9 Å². The van der Waals surface area contributed by atoms with Crippen molar-refractivity contribution in [1.29, 1.82) is 0 Å². The predicted octanol–water partition coefficient (Wildman–Crippen LogP) is 3.57. The van der Waals surface area contributed by atoms with Gasteiger partial charge in [0.15, 0.2) is 11.6 Å². The fourth-order valence-corrected chi connectivity index (χ4v) is 3.00. The Kier molecular flexibility index (Phi) is 4.31. The van der Waals surface area contributed by atoms with Gasteiger partial charge in [-0.1, -0.05) is 0 Å². The monoisotopic (exact) mass is 372 g/mol. The highest BCUT2D eigenvalue weighted by Gasteiger charge is 2.27. The molecule has 8 heteroatoms. The second-order valence-electron chi connectivity index (χ2n) is 6.16. The van der Waals surface area contributed by atoms with Crippen LogP contribution in [0.5, 0.6) is 0 Å². The molecular weight excluding hydrogens is 357 g/mol. The molecule has 0 saturated heterocycles. The zero-order chi connectivity index (χ0) is 19.0. The molecule has 138 valence electrons. The van der Waals surface area contributed by atoms with Crippen molar-refractivity contribution >= 4 is 17.3 Å². The number of halogens is 3. The van der Waals surface area contributed by atoms with Crippen LogP contribution in [-0.4, -0.2) is 22.2 Å². The van der Waals surface area contributed by atoms with Crippen LogP contribution < -0.4 is 10.2 Å². The minimum Gasteiger partial charge on any atom is -0.379 e. The number of carbonyl (C=O) groups excluding carboxylic acids is 1. The highest BCUT2D eigenvalue weighted by atomic mass is 19.2. The maximum absolute atomic E-state index is 13.3. The van der Waals surface area contributed by atoms with Crippen LogP contribution >= 0.6 is 0 Å². The van der Waals surface area contributed by atoms with Gasteiger partial charge < -0.3 is 10.2 Å². The molecule has 1 aliphatic heterocycles. The van der Waals surface area contributed by atoms with Crippen molar-refractivity contribution in [2.75, 3.05) is 16.8 Å². The topological polar surface area (TPSA) is 50.2 Å². The molecule has 0 saturated carbocycles. The lowest BCUT2D eigenvalue weighted by Gasteiger charge is -2.27. The van der Waals surface area contributed by atoms with Gasteiger partial charge in [-0.25, -0.2) is 13.2 Å². The van der Waals surface area contributed by atoms with Crippen molar-refractivity contribution in [1.82, 2.24) is 9.78 Å². The summed E-state index contributed by atoms with van der Waals surface area (Å²) in [4.78, 5) is 14.3. The zero-order valence-electron chi connectivity index (χ0n) is 14.1. The van der Waals surface area contributed by atoms with Gasteiger partial charge in [-0.3, -0.25) is 9.48 Å². The summed E-state index contributed by atoms with van der Waals surface area (Å²) in [7, 11) is 0. The molecular formula is C19H15F3N4O. The standard InChI is InChI=1S/C19H15F3N4O/c20-12-1-4-15(5-2-12)25-7-8-26-18(19(25)27)10-14(24-26)11-23-13-3-6-16(21)17(22)9-13/h1-6,9-10,23H,7-8,11H2. The second kappa shape index (κ2) is 6.79. The van der Waals surface area contributed by atoms with E-state index in [2.05, 4.69) is 10.4 Å². The molecule has 0 atom stereocenters. The van der Waals surface area contributed by atoms with E-state index in [1.165, 1.54) is 18.2 Å². The van der Waals surface area contributed by atoms with Crippen LogP contribution in [0.25, 0.3) is 0 Å². The van der Waals surface area contributed by atoms with Gasteiger partial charge in [-0.05, 0) is 42.5 Å². The molecule has 1 aromatic heterocycles. The van der Waals surface area contributed by atoms with E-state index >= 15 is 0 Å². The van der Waals surface area contributed by atoms with E-state index in [4.69, 9.17) is 0 Å². The van der Waals surface area contributed by atoms with Crippen LogP contribution in [0, 0.1) is 17.5 Å². The predicted molar refractivity (Wildman–Crippen MR) is 94.0 cm³/mol. The number of benzene rings is 2. The number of anilines is 2. The average Bonchev–Trinajstić information content (AvgIpc) is 3.08. The van der Waals surface area contributed by atoms with Crippen LogP contribution in [0.15, 0.2) is 48.5 Å². The van der Waals surface area contributed by atoms with Gasteiger partial charge in [0.2, 0.25) is 0 Å². The number of carbonyl (C=O) groups is 1. The largest absolute Gasteiger partial charge is 0.379 e. The Bertz CT molecular complexity index is 1000. The van der Waals surface area contributed by atoms with E-state index in [9.17, 15) is 18.0 Å². The minimum absolute atomic E-state index is 0.223. The molecule has 0 aliphatic carbocycles. The van der Waals surface area contributed by atoms with Gasteiger partial charge >= 0.3 is 0 Å². The van der Waals surface area contributed by atoms with Crippen molar-refractivity contribution in [3.8, 4) is 0 Å². The van der Waals surface area contributed by atoms with Crippen molar-refractivity contribution in [3.05, 3.63) is 77.4 Å². The molecule has 2 aromatic carbocycles. The fourth-order valence-electron chi connectivity index (χ4n) is 3.00. The Balaban J connectivity index is 1.50. The van der Waals surface area contributed by atoms with Crippen LogP contribution in [0.3, 0.4) is 0 Å². The Labute approximate surface area is 153 Å². The molecule has 0 radical (unpaired) electrons. The van der Waals surface area contributed by atoms with Crippen LogP contribution in [0.4, 0.5) is 24.5 Å². The molecule has 1 aliphatic rings. The molecule has 0 fully saturated rings. The molecule has 1 amide bonds. The highest BCUT2D eigenvalue weighted by Crippen LogP contribution is 2.22. The van der Waals surface area contributed by atoms with Crippen LogP contribution in [-0.2, 0) is 13.1 Å². The highest BCUT2D eigenvalue weighted by molar-refractivity contribution is 6.05. The van der Waals surface area contributed by atoms with E-state index < -0.39 is 11.6 Å². The van der Waals surface area contributed by atoms with Gasteiger partial charge in [0.05, 0.1) is 18.8 Å². The minimum atomic E-state index is -0.936. The van der Waals surface area contributed by atoms with Crippen LogP contribution in [0.1, 0.15) is 16.2 Å². The summed E-state index contributed by atoms with van der Waals surface area (Å²) in [6.07, 6.45) is 0. The lowest BCUT2D eigenvalue weighted by atomic mass is 10.2. The lowest BCUT2D eigenvalue weighted by molar-refractivity contribution is 0.0962. The molecule has 0 bridgehead atoms. The first kappa shape index (κ1) is 17.1. The molecule has 1 N–H and O–H groups in total.